The summed E-state index contributed by atoms with van der Waals surface area (Å²) in [7, 11) is 1.60. The third kappa shape index (κ3) is 4.31. The number of methoxy groups -OCH3 is 1. The maximum absolute atomic E-state index is 10.6. The number of benzene rings is 2. The molecule has 1 aromatic heterocycles. The summed E-state index contributed by atoms with van der Waals surface area (Å²) in [6.07, 6.45) is 2.82. The molecule has 2 N–H and O–H groups in total. The Bertz CT molecular complexity index is 1020. The lowest BCUT2D eigenvalue weighted by Crippen LogP contribution is -1.97. The molecule has 1 heterocycles. The van der Waals surface area contributed by atoms with Gasteiger partial charge in [-0.15, -0.1) is 0 Å². The van der Waals surface area contributed by atoms with Gasteiger partial charge in [-0.25, -0.2) is 9.97 Å². The molecule has 0 bridgehead atoms. The average Bonchev–Trinajstić information content (AvgIpc) is 2.66. The number of hydrogen-bond acceptors (Lipinski definition) is 5. The summed E-state index contributed by atoms with van der Waals surface area (Å²) in [4.78, 5) is 9.02. The molecule has 0 saturated carbocycles. The highest BCUT2D eigenvalue weighted by atomic mass is 16.5. The standard InChI is InChI=1S/C23H24N2O3/c1-14(2)5-6-17-11-19(22(27)13-23(17)28-4)21-12-20(24-15(3)25-21)16-7-9-18(26)10-8-16/h5,7-13,26-27H,6H2,1-4H3. The van der Waals surface area contributed by atoms with Crippen LogP contribution in [0.3, 0.4) is 0 Å². The SMILES string of the molecule is COc1cc(O)c(-c2cc(-c3ccc(O)cc3)nc(C)n2)cc1CC=C(C)C. The van der Waals surface area contributed by atoms with Crippen molar-refractivity contribution < 1.29 is 14.9 Å². The van der Waals surface area contributed by atoms with E-state index < -0.39 is 0 Å². The van der Waals surface area contributed by atoms with E-state index in [0.29, 0.717) is 29.3 Å². The zero-order valence-corrected chi connectivity index (χ0v) is 16.5. The van der Waals surface area contributed by atoms with E-state index in [0.717, 1.165) is 16.8 Å². The van der Waals surface area contributed by atoms with Crippen LogP contribution in [0.1, 0.15) is 25.2 Å². The van der Waals surface area contributed by atoms with Crippen molar-refractivity contribution in [3.05, 3.63) is 65.5 Å². The second kappa shape index (κ2) is 8.13. The second-order valence-corrected chi connectivity index (χ2v) is 6.90. The maximum atomic E-state index is 10.6. The summed E-state index contributed by atoms with van der Waals surface area (Å²) in [5, 5.41) is 20.1. The lowest BCUT2D eigenvalue weighted by Gasteiger charge is -2.13. The van der Waals surface area contributed by atoms with Crippen LogP contribution in [0.25, 0.3) is 22.5 Å². The average molecular weight is 376 g/mol. The Morgan fingerprint density at radius 1 is 1.00 bits per heavy atom. The first kappa shape index (κ1) is 19.4. The van der Waals surface area contributed by atoms with Crippen molar-refractivity contribution in [2.24, 2.45) is 0 Å². The van der Waals surface area contributed by atoms with Crippen LogP contribution in [0.15, 0.2) is 54.1 Å². The number of rotatable bonds is 5. The number of allylic oxidation sites excluding steroid dienone is 2. The fraction of sp³-hybridized carbons (Fsp3) is 0.217. The minimum absolute atomic E-state index is 0.104. The topological polar surface area (TPSA) is 75.5 Å². The molecule has 0 fully saturated rings. The van der Waals surface area contributed by atoms with Crippen molar-refractivity contribution in [2.45, 2.75) is 27.2 Å². The van der Waals surface area contributed by atoms with Gasteiger partial charge in [-0.1, -0.05) is 11.6 Å². The van der Waals surface area contributed by atoms with Gasteiger partial charge in [-0.3, -0.25) is 0 Å². The molecule has 3 aromatic rings. The molecule has 0 amide bonds. The maximum Gasteiger partial charge on any atom is 0.128 e. The largest absolute Gasteiger partial charge is 0.508 e. The van der Waals surface area contributed by atoms with Gasteiger partial charge in [-0.05, 0) is 69.2 Å². The van der Waals surface area contributed by atoms with E-state index in [4.69, 9.17) is 4.74 Å². The molecule has 0 aliphatic carbocycles. The van der Waals surface area contributed by atoms with Gasteiger partial charge in [0.25, 0.3) is 0 Å². The van der Waals surface area contributed by atoms with E-state index in [2.05, 4.69) is 16.0 Å². The molecule has 144 valence electrons. The van der Waals surface area contributed by atoms with Crippen LogP contribution in [0.5, 0.6) is 17.2 Å². The normalized spacial score (nSPS) is 10.6. The van der Waals surface area contributed by atoms with Crippen LogP contribution >= 0.6 is 0 Å². The van der Waals surface area contributed by atoms with Gasteiger partial charge in [-0.2, -0.15) is 0 Å². The molecule has 0 aliphatic rings. The lowest BCUT2D eigenvalue weighted by molar-refractivity contribution is 0.404. The number of hydrogen-bond donors (Lipinski definition) is 2. The van der Waals surface area contributed by atoms with E-state index in [1.54, 1.807) is 37.4 Å². The Morgan fingerprint density at radius 2 is 1.68 bits per heavy atom. The fourth-order valence-corrected chi connectivity index (χ4v) is 2.97. The smallest absolute Gasteiger partial charge is 0.128 e. The first-order chi connectivity index (χ1) is 13.4. The number of nitrogens with zero attached hydrogens (tertiary/aromatic N) is 2. The Morgan fingerprint density at radius 3 is 2.32 bits per heavy atom. The van der Waals surface area contributed by atoms with Gasteiger partial charge in [0, 0.05) is 17.2 Å². The van der Waals surface area contributed by atoms with Crippen molar-refractivity contribution >= 4 is 0 Å². The highest BCUT2D eigenvalue weighted by molar-refractivity contribution is 5.74. The number of phenols is 2. The third-order valence-corrected chi connectivity index (χ3v) is 4.41. The monoisotopic (exact) mass is 376 g/mol. The molecule has 0 spiro atoms. The highest BCUT2D eigenvalue weighted by Gasteiger charge is 2.14. The van der Waals surface area contributed by atoms with Crippen LogP contribution in [-0.2, 0) is 6.42 Å². The van der Waals surface area contributed by atoms with Crippen LogP contribution in [-0.4, -0.2) is 27.3 Å². The molecular weight excluding hydrogens is 352 g/mol. The van der Waals surface area contributed by atoms with E-state index >= 15 is 0 Å². The molecule has 0 unspecified atom stereocenters. The van der Waals surface area contributed by atoms with Crippen molar-refractivity contribution in [3.8, 4) is 39.8 Å². The van der Waals surface area contributed by atoms with Gasteiger partial charge >= 0.3 is 0 Å². The van der Waals surface area contributed by atoms with Gasteiger partial charge in [0.2, 0.25) is 0 Å². The Balaban J connectivity index is 2.11. The quantitative estimate of drug-likeness (QED) is 0.610. The Kier molecular flexibility index (Phi) is 5.64. The minimum atomic E-state index is 0.104. The number of aryl methyl sites for hydroxylation is 1. The van der Waals surface area contributed by atoms with Gasteiger partial charge < -0.3 is 14.9 Å². The highest BCUT2D eigenvalue weighted by Crippen LogP contribution is 2.36. The van der Waals surface area contributed by atoms with Crippen molar-refractivity contribution in [2.75, 3.05) is 7.11 Å². The van der Waals surface area contributed by atoms with Crippen LogP contribution < -0.4 is 4.74 Å². The molecule has 0 radical (unpaired) electrons. The molecule has 0 aliphatic heterocycles. The summed E-state index contributed by atoms with van der Waals surface area (Å²) in [6.45, 7) is 5.91. The van der Waals surface area contributed by atoms with Gasteiger partial charge in [0.15, 0.2) is 0 Å². The van der Waals surface area contributed by atoms with E-state index in [1.807, 2.05) is 32.9 Å². The molecule has 3 rings (SSSR count). The predicted molar refractivity (Wildman–Crippen MR) is 111 cm³/mol. The second-order valence-electron chi connectivity index (χ2n) is 6.90. The van der Waals surface area contributed by atoms with E-state index in [1.165, 1.54) is 5.57 Å². The summed E-state index contributed by atoms with van der Waals surface area (Å²) in [5.74, 6) is 1.55. The first-order valence-electron chi connectivity index (χ1n) is 9.06. The molecule has 28 heavy (non-hydrogen) atoms. The molecule has 5 nitrogen and oxygen atoms in total. The Labute approximate surface area is 165 Å². The molecule has 0 atom stereocenters. The number of ether oxygens (including phenoxy) is 1. The molecule has 2 aromatic carbocycles. The van der Waals surface area contributed by atoms with Crippen LogP contribution in [0.4, 0.5) is 0 Å². The van der Waals surface area contributed by atoms with Crippen molar-refractivity contribution in [3.63, 3.8) is 0 Å². The van der Waals surface area contributed by atoms with Gasteiger partial charge in [0.05, 0.1) is 18.5 Å². The zero-order chi connectivity index (χ0) is 20.3. The fourth-order valence-electron chi connectivity index (χ4n) is 2.97. The van der Waals surface area contributed by atoms with Crippen molar-refractivity contribution in [1.29, 1.82) is 0 Å². The van der Waals surface area contributed by atoms with E-state index in [-0.39, 0.29) is 11.5 Å². The predicted octanol–water partition coefficient (Wildman–Crippen LogP) is 5.05. The Hall–Kier alpha value is -3.34. The summed E-state index contributed by atoms with van der Waals surface area (Å²) in [6, 6.07) is 12.2. The van der Waals surface area contributed by atoms with Gasteiger partial charge in [0.1, 0.15) is 23.1 Å². The third-order valence-electron chi connectivity index (χ3n) is 4.41. The lowest BCUT2D eigenvalue weighted by atomic mass is 10.0. The first-order valence-corrected chi connectivity index (χ1v) is 9.06. The molecule has 5 heteroatoms. The summed E-state index contributed by atoms with van der Waals surface area (Å²) >= 11 is 0. The molecular formula is C23H24N2O3. The number of aromatic nitrogens is 2. The van der Waals surface area contributed by atoms with Crippen LogP contribution in [0, 0.1) is 6.92 Å². The number of aromatic hydroxyl groups is 2. The van der Waals surface area contributed by atoms with Crippen LogP contribution in [0.2, 0.25) is 0 Å². The zero-order valence-electron chi connectivity index (χ0n) is 16.5. The molecule has 0 saturated heterocycles. The van der Waals surface area contributed by atoms with Crippen molar-refractivity contribution in [1.82, 2.24) is 9.97 Å². The number of phenolic OH excluding ortho intramolecular Hbond substituents is 2. The van der Waals surface area contributed by atoms with E-state index in [9.17, 15) is 10.2 Å². The summed E-state index contributed by atoms with van der Waals surface area (Å²) in [5.41, 5.74) is 5.03. The summed E-state index contributed by atoms with van der Waals surface area (Å²) < 4.78 is 5.43. The minimum Gasteiger partial charge on any atom is -0.508 e.